The third-order valence-corrected chi connectivity index (χ3v) is 1.92. The lowest BCUT2D eigenvalue weighted by molar-refractivity contribution is 0.0997. The molecule has 0 unspecified atom stereocenters. The minimum Gasteiger partial charge on any atom is -0.391 e. The Labute approximate surface area is 61.0 Å². The SMILES string of the molecule is N=CC[C@H]1NCCC[C@@H]1O. The molecule has 0 aromatic rings. The van der Waals surface area contributed by atoms with Crippen LogP contribution >= 0.6 is 0 Å². The second-order valence-corrected chi connectivity index (χ2v) is 2.71. The first kappa shape index (κ1) is 7.69. The Hall–Kier alpha value is -0.410. The van der Waals surface area contributed by atoms with E-state index >= 15 is 0 Å². The number of piperidine rings is 1. The van der Waals surface area contributed by atoms with Gasteiger partial charge in [-0.05, 0) is 32.0 Å². The molecule has 10 heavy (non-hydrogen) atoms. The lowest BCUT2D eigenvalue weighted by Crippen LogP contribution is -2.44. The third kappa shape index (κ3) is 1.78. The summed E-state index contributed by atoms with van der Waals surface area (Å²) in [6.07, 6.45) is 3.70. The van der Waals surface area contributed by atoms with E-state index in [0.717, 1.165) is 19.4 Å². The van der Waals surface area contributed by atoms with Crippen molar-refractivity contribution in [1.82, 2.24) is 5.32 Å². The topological polar surface area (TPSA) is 56.1 Å². The quantitative estimate of drug-likeness (QED) is 0.480. The van der Waals surface area contributed by atoms with Gasteiger partial charge in [0.25, 0.3) is 0 Å². The molecule has 0 spiro atoms. The number of hydrogen-bond acceptors (Lipinski definition) is 3. The van der Waals surface area contributed by atoms with E-state index in [1.165, 1.54) is 6.21 Å². The summed E-state index contributed by atoms with van der Waals surface area (Å²) in [7, 11) is 0. The van der Waals surface area contributed by atoms with Gasteiger partial charge >= 0.3 is 0 Å². The van der Waals surface area contributed by atoms with Crippen LogP contribution in [-0.2, 0) is 0 Å². The van der Waals surface area contributed by atoms with E-state index in [9.17, 15) is 5.11 Å². The minimum absolute atomic E-state index is 0.131. The van der Waals surface area contributed by atoms with Crippen LogP contribution in [0.3, 0.4) is 0 Å². The van der Waals surface area contributed by atoms with Crippen molar-refractivity contribution in [3.63, 3.8) is 0 Å². The molecule has 0 aromatic carbocycles. The maximum atomic E-state index is 9.33. The van der Waals surface area contributed by atoms with Gasteiger partial charge in [-0.25, -0.2) is 0 Å². The number of rotatable bonds is 2. The van der Waals surface area contributed by atoms with Crippen LogP contribution in [0.1, 0.15) is 19.3 Å². The highest BCUT2D eigenvalue weighted by molar-refractivity contribution is 5.54. The zero-order chi connectivity index (χ0) is 7.40. The van der Waals surface area contributed by atoms with Gasteiger partial charge in [0.1, 0.15) is 0 Å². The minimum atomic E-state index is -0.240. The van der Waals surface area contributed by atoms with Crippen molar-refractivity contribution in [3.05, 3.63) is 0 Å². The summed E-state index contributed by atoms with van der Waals surface area (Å²) >= 11 is 0. The summed E-state index contributed by atoms with van der Waals surface area (Å²) in [4.78, 5) is 0. The molecule has 1 heterocycles. The molecule has 1 rings (SSSR count). The fraction of sp³-hybridized carbons (Fsp3) is 0.857. The van der Waals surface area contributed by atoms with Crippen LogP contribution in [0.5, 0.6) is 0 Å². The molecule has 0 amide bonds. The first-order valence-electron chi connectivity index (χ1n) is 3.75. The molecule has 3 N–H and O–H groups in total. The van der Waals surface area contributed by atoms with Gasteiger partial charge in [-0.15, -0.1) is 0 Å². The predicted octanol–water partition coefficient (Wildman–Crippen LogP) is 0.139. The Balaban J connectivity index is 2.32. The standard InChI is InChI=1S/C7H14N2O/c8-4-3-6-7(10)2-1-5-9-6/h4,6-10H,1-3,5H2/t6-,7+/m1/s1. The van der Waals surface area contributed by atoms with E-state index in [1.807, 2.05) is 0 Å². The van der Waals surface area contributed by atoms with Crippen LogP contribution in [0.25, 0.3) is 0 Å². The predicted molar refractivity (Wildman–Crippen MR) is 40.4 cm³/mol. The van der Waals surface area contributed by atoms with Gasteiger partial charge in [0.15, 0.2) is 0 Å². The fourth-order valence-electron chi connectivity index (χ4n) is 1.30. The molecule has 2 atom stereocenters. The van der Waals surface area contributed by atoms with E-state index < -0.39 is 0 Å². The highest BCUT2D eigenvalue weighted by Crippen LogP contribution is 2.09. The van der Waals surface area contributed by atoms with Crippen molar-refractivity contribution in [2.75, 3.05) is 6.54 Å². The first-order chi connectivity index (χ1) is 4.84. The molecular formula is C7H14N2O. The van der Waals surface area contributed by atoms with Crippen LogP contribution in [0.2, 0.25) is 0 Å². The van der Waals surface area contributed by atoms with Crippen molar-refractivity contribution in [2.45, 2.75) is 31.4 Å². The average molecular weight is 142 g/mol. The Bertz CT molecular complexity index is 116. The molecule has 1 aliphatic rings. The molecule has 0 radical (unpaired) electrons. The molecule has 1 saturated heterocycles. The fourth-order valence-corrected chi connectivity index (χ4v) is 1.30. The van der Waals surface area contributed by atoms with Crippen LogP contribution < -0.4 is 5.32 Å². The van der Waals surface area contributed by atoms with E-state index in [1.54, 1.807) is 0 Å². The molecule has 3 nitrogen and oxygen atoms in total. The first-order valence-corrected chi connectivity index (χ1v) is 3.75. The summed E-state index contributed by atoms with van der Waals surface area (Å²) < 4.78 is 0. The summed E-state index contributed by atoms with van der Waals surface area (Å²) in [6, 6.07) is 0.131. The van der Waals surface area contributed by atoms with Crippen LogP contribution in [0.4, 0.5) is 0 Å². The lowest BCUT2D eigenvalue weighted by Gasteiger charge is -2.27. The number of hydrogen-bond donors (Lipinski definition) is 3. The van der Waals surface area contributed by atoms with Gasteiger partial charge in [-0.3, -0.25) is 0 Å². The van der Waals surface area contributed by atoms with Crippen LogP contribution in [-0.4, -0.2) is 30.0 Å². The van der Waals surface area contributed by atoms with Gasteiger partial charge in [0.2, 0.25) is 0 Å². The van der Waals surface area contributed by atoms with E-state index in [0.29, 0.717) is 6.42 Å². The Morgan fingerprint density at radius 3 is 3.10 bits per heavy atom. The molecule has 1 aliphatic heterocycles. The normalized spacial score (nSPS) is 33.7. The summed E-state index contributed by atoms with van der Waals surface area (Å²) in [5, 5.41) is 19.4. The van der Waals surface area contributed by atoms with Crippen molar-refractivity contribution in [1.29, 1.82) is 5.41 Å². The van der Waals surface area contributed by atoms with Crippen molar-refractivity contribution in [2.24, 2.45) is 0 Å². The van der Waals surface area contributed by atoms with E-state index in [2.05, 4.69) is 5.32 Å². The largest absolute Gasteiger partial charge is 0.391 e. The van der Waals surface area contributed by atoms with E-state index in [-0.39, 0.29) is 12.1 Å². The maximum Gasteiger partial charge on any atom is 0.0697 e. The second-order valence-electron chi connectivity index (χ2n) is 2.71. The molecule has 3 heteroatoms. The molecule has 0 saturated carbocycles. The van der Waals surface area contributed by atoms with Gasteiger partial charge in [0, 0.05) is 6.04 Å². The molecule has 0 bridgehead atoms. The Morgan fingerprint density at radius 1 is 1.70 bits per heavy atom. The van der Waals surface area contributed by atoms with Crippen molar-refractivity contribution < 1.29 is 5.11 Å². The number of aliphatic hydroxyl groups is 1. The highest BCUT2D eigenvalue weighted by Gasteiger charge is 2.20. The smallest absolute Gasteiger partial charge is 0.0697 e. The van der Waals surface area contributed by atoms with Gasteiger partial charge < -0.3 is 15.8 Å². The summed E-state index contributed by atoms with van der Waals surface area (Å²) in [6.45, 7) is 0.982. The molecular weight excluding hydrogens is 128 g/mol. The van der Waals surface area contributed by atoms with Crippen LogP contribution in [0.15, 0.2) is 0 Å². The molecule has 58 valence electrons. The Kier molecular flexibility index (Phi) is 2.83. The van der Waals surface area contributed by atoms with Crippen molar-refractivity contribution >= 4 is 6.21 Å². The lowest BCUT2D eigenvalue weighted by atomic mass is 9.99. The monoisotopic (exact) mass is 142 g/mol. The maximum absolute atomic E-state index is 9.33. The second kappa shape index (κ2) is 3.68. The zero-order valence-corrected chi connectivity index (χ0v) is 6.01. The average Bonchev–Trinajstić information content (AvgIpc) is 1.94. The van der Waals surface area contributed by atoms with Gasteiger partial charge in [-0.1, -0.05) is 0 Å². The summed E-state index contributed by atoms with van der Waals surface area (Å²) in [5.41, 5.74) is 0. The molecule has 0 aliphatic carbocycles. The molecule has 1 fully saturated rings. The van der Waals surface area contributed by atoms with Gasteiger partial charge in [-0.2, -0.15) is 0 Å². The summed E-state index contributed by atoms with van der Waals surface area (Å²) in [5.74, 6) is 0. The number of aliphatic hydroxyl groups excluding tert-OH is 1. The zero-order valence-electron chi connectivity index (χ0n) is 6.01. The number of nitrogens with one attached hydrogen (secondary N) is 2. The third-order valence-electron chi connectivity index (χ3n) is 1.92. The van der Waals surface area contributed by atoms with Crippen molar-refractivity contribution in [3.8, 4) is 0 Å². The highest BCUT2D eigenvalue weighted by atomic mass is 16.3. The Morgan fingerprint density at radius 2 is 2.50 bits per heavy atom. The van der Waals surface area contributed by atoms with Crippen LogP contribution in [0, 0.1) is 5.41 Å². The van der Waals surface area contributed by atoms with E-state index in [4.69, 9.17) is 5.41 Å². The van der Waals surface area contributed by atoms with Gasteiger partial charge in [0.05, 0.1) is 6.10 Å². The molecule has 0 aromatic heterocycles.